The number of nitrogens with two attached hydrogens (primary N) is 1. The Morgan fingerprint density at radius 2 is 2.30 bits per heavy atom. The molecule has 0 fully saturated rings. The van der Waals surface area contributed by atoms with Crippen molar-refractivity contribution in [1.82, 2.24) is 9.72 Å². The number of rotatable bonds is 6. The molecule has 0 saturated heterocycles. The smallest absolute Gasteiger partial charge is 0.441 e. The Morgan fingerprint density at radius 3 is 2.80 bits per heavy atom. The van der Waals surface area contributed by atoms with Crippen LogP contribution in [0, 0.1) is 6.92 Å². The molecule has 0 aliphatic heterocycles. The van der Waals surface area contributed by atoms with Gasteiger partial charge in [0.05, 0.1) is 13.7 Å². The first-order valence-corrected chi connectivity index (χ1v) is 6.03. The summed E-state index contributed by atoms with van der Waals surface area (Å²) in [7, 11) is 1.24. The minimum absolute atomic E-state index is 0.227. The molecule has 8 heteroatoms. The molecule has 0 aromatic carbocycles. The van der Waals surface area contributed by atoms with Crippen LogP contribution in [0.5, 0.6) is 0 Å². The summed E-state index contributed by atoms with van der Waals surface area (Å²) >= 11 is 0. The van der Waals surface area contributed by atoms with Crippen molar-refractivity contribution < 1.29 is 18.4 Å². The zero-order chi connectivity index (χ0) is 15.3. The zero-order valence-electron chi connectivity index (χ0n) is 11.7. The number of hydrogen-bond donors (Lipinski definition) is 1. The third-order valence-corrected chi connectivity index (χ3v) is 2.86. The van der Waals surface area contributed by atoms with E-state index in [1.165, 1.54) is 27.0 Å². The summed E-state index contributed by atoms with van der Waals surface area (Å²) in [5, 5.41) is 3.42. The maximum atomic E-state index is 13.7. The van der Waals surface area contributed by atoms with Crippen molar-refractivity contribution >= 4 is 5.97 Å². The maximum absolute atomic E-state index is 13.7. The molecular weight excluding hydrogens is 269 g/mol. The van der Waals surface area contributed by atoms with Gasteiger partial charge in [0.25, 0.3) is 0 Å². The molecule has 1 heterocycles. The molecule has 1 aromatic heterocycles. The fraction of sp³-hybridized carbons (Fsp3) is 0.583. The molecule has 2 N–H and O–H groups in total. The van der Waals surface area contributed by atoms with Crippen LogP contribution in [0.4, 0.5) is 4.39 Å². The Kier molecular flexibility index (Phi) is 5.20. The Bertz CT molecular complexity index is 559. The van der Waals surface area contributed by atoms with Crippen LogP contribution >= 0.6 is 0 Å². The number of hydrogen-bond acceptors (Lipinski definition) is 6. The Morgan fingerprint density at radius 1 is 1.65 bits per heavy atom. The number of nitrogens with zero attached hydrogens (tertiary/aromatic N) is 2. The van der Waals surface area contributed by atoms with Gasteiger partial charge in [0, 0.05) is 0 Å². The summed E-state index contributed by atoms with van der Waals surface area (Å²) in [6, 6.07) is 0. The predicted molar refractivity (Wildman–Crippen MR) is 68.5 cm³/mol. The van der Waals surface area contributed by atoms with E-state index in [-0.39, 0.29) is 25.2 Å². The summed E-state index contributed by atoms with van der Waals surface area (Å²) in [5.41, 5.74) is 4.56. The van der Waals surface area contributed by atoms with Gasteiger partial charge in [0.2, 0.25) is 0 Å². The first-order valence-electron chi connectivity index (χ1n) is 6.03. The normalized spacial score (nSPS) is 14.9. The molecule has 1 atom stereocenters. The molecule has 1 unspecified atom stereocenters. The van der Waals surface area contributed by atoms with E-state index in [2.05, 4.69) is 14.4 Å². The van der Waals surface area contributed by atoms with Gasteiger partial charge >= 0.3 is 11.7 Å². The molecule has 1 rings (SSSR count). The number of ether oxygens (including phenoxy) is 1. The topological polar surface area (TPSA) is 100 Å². The van der Waals surface area contributed by atoms with Crippen LogP contribution in [0.3, 0.4) is 0 Å². The van der Waals surface area contributed by atoms with Crippen molar-refractivity contribution in [2.24, 2.45) is 5.73 Å². The Labute approximate surface area is 115 Å². The first-order chi connectivity index (χ1) is 9.27. The number of carbonyl (C=O) groups is 1. The summed E-state index contributed by atoms with van der Waals surface area (Å²) in [5.74, 6) is -1.52. The van der Waals surface area contributed by atoms with E-state index in [0.29, 0.717) is 0 Å². The summed E-state index contributed by atoms with van der Waals surface area (Å²) in [6.07, 6.45) is 1.74. The zero-order valence-corrected chi connectivity index (χ0v) is 11.7. The molecule has 0 bridgehead atoms. The minimum atomic E-state index is -1.17. The number of aryl methyl sites for hydroxylation is 1. The molecule has 0 saturated carbocycles. The van der Waals surface area contributed by atoms with Crippen LogP contribution in [0.1, 0.15) is 25.6 Å². The van der Waals surface area contributed by atoms with Crippen LogP contribution in [-0.4, -0.2) is 28.3 Å². The summed E-state index contributed by atoms with van der Waals surface area (Å²) in [4.78, 5) is 22.5. The van der Waals surface area contributed by atoms with Gasteiger partial charge in [-0.15, -0.1) is 0 Å². The van der Waals surface area contributed by atoms with Gasteiger partial charge in [-0.1, -0.05) is 11.2 Å². The molecule has 112 valence electrons. The SMILES string of the molecule is COC(=O)C(C)(N)CC/C=C(\F)Cn1c(C)noc1=O. The highest BCUT2D eigenvalue weighted by Crippen LogP contribution is 2.13. The van der Waals surface area contributed by atoms with E-state index in [0.717, 1.165) is 4.57 Å². The average Bonchev–Trinajstić information content (AvgIpc) is 2.69. The Balaban J connectivity index is 2.59. The number of esters is 1. The second-order valence-electron chi connectivity index (χ2n) is 4.68. The fourth-order valence-corrected chi connectivity index (χ4v) is 1.59. The van der Waals surface area contributed by atoms with Gasteiger partial charge < -0.3 is 10.5 Å². The molecule has 0 spiro atoms. The van der Waals surface area contributed by atoms with Gasteiger partial charge in [-0.25, -0.2) is 9.18 Å². The average molecular weight is 287 g/mol. The second kappa shape index (κ2) is 6.47. The van der Waals surface area contributed by atoms with E-state index >= 15 is 0 Å². The van der Waals surface area contributed by atoms with Crippen molar-refractivity contribution in [3.63, 3.8) is 0 Å². The first kappa shape index (κ1) is 16.1. The maximum Gasteiger partial charge on any atom is 0.441 e. The van der Waals surface area contributed by atoms with Crippen molar-refractivity contribution in [3.05, 3.63) is 28.3 Å². The molecular formula is C12H18FN3O4. The quantitative estimate of drug-likeness (QED) is 0.772. The van der Waals surface area contributed by atoms with Gasteiger partial charge in [0.15, 0.2) is 5.82 Å². The van der Waals surface area contributed by atoms with Gasteiger partial charge in [-0.2, -0.15) is 0 Å². The monoisotopic (exact) mass is 287 g/mol. The molecule has 1 aromatic rings. The van der Waals surface area contributed by atoms with Crippen LogP contribution in [0.25, 0.3) is 0 Å². The number of methoxy groups -OCH3 is 1. The second-order valence-corrected chi connectivity index (χ2v) is 4.68. The third-order valence-electron chi connectivity index (χ3n) is 2.86. The molecule has 0 aliphatic carbocycles. The van der Waals surface area contributed by atoms with Crippen LogP contribution in [-0.2, 0) is 16.1 Å². The van der Waals surface area contributed by atoms with E-state index in [1.54, 1.807) is 0 Å². The van der Waals surface area contributed by atoms with Crippen molar-refractivity contribution in [2.75, 3.05) is 7.11 Å². The molecule has 20 heavy (non-hydrogen) atoms. The van der Waals surface area contributed by atoms with Crippen molar-refractivity contribution in [2.45, 2.75) is 38.8 Å². The van der Waals surface area contributed by atoms with Crippen molar-refractivity contribution in [1.29, 1.82) is 0 Å². The molecule has 0 aliphatic rings. The highest BCUT2D eigenvalue weighted by Gasteiger charge is 2.28. The minimum Gasteiger partial charge on any atom is -0.468 e. The lowest BCUT2D eigenvalue weighted by atomic mass is 9.97. The van der Waals surface area contributed by atoms with E-state index in [4.69, 9.17) is 5.73 Å². The van der Waals surface area contributed by atoms with Gasteiger partial charge in [-0.3, -0.25) is 13.9 Å². The van der Waals surface area contributed by atoms with Crippen molar-refractivity contribution in [3.8, 4) is 0 Å². The highest BCUT2D eigenvalue weighted by atomic mass is 19.1. The van der Waals surface area contributed by atoms with E-state index in [9.17, 15) is 14.0 Å². The molecule has 0 radical (unpaired) electrons. The largest absolute Gasteiger partial charge is 0.468 e. The van der Waals surface area contributed by atoms with Crippen LogP contribution in [0.2, 0.25) is 0 Å². The number of halogens is 1. The number of carbonyl (C=O) groups excluding carboxylic acids is 1. The van der Waals surface area contributed by atoms with E-state index < -0.39 is 23.1 Å². The number of allylic oxidation sites excluding steroid dienone is 2. The summed E-state index contributed by atoms with van der Waals surface area (Å²) < 4.78 is 23.7. The number of aromatic nitrogens is 2. The van der Waals surface area contributed by atoms with E-state index in [1.807, 2.05) is 0 Å². The lowest BCUT2D eigenvalue weighted by Crippen LogP contribution is -2.45. The molecule has 7 nitrogen and oxygen atoms in total. The Hall–Kier alpha value is -1.96. The summed E-state index contributed by atoms with van der Waals surface area (Å²) in [6.45, 7) is 2.79. The van der Waals surface area contributed by atoms with Crippen LogP contribution in [0.15, 0.2) is 21.2 Å². The van der Waals surface area contributed by atoms with Gasteiger partial charge in [0.1, 0.15) is 11.4 Å². The third kappa shape index (κ3) is 4.02. The lowest BCUT2D eigenvalue weighted by Gasteiger charge is -2.20. The highest BCUT2D eigenvalue weighted by molar-refractivity contribution is 5.79. The van der Waals surface area contributed by atoms with Gasteiger partial charge in [-0.05, 0) is 26.7 Å². The fourth-order valence-electron chi connectivity index (χ4n) is 1.59. The molecule has 0 amide bonds. The lowest BCUT2D eigenvalue weighted by molar-refractivity contribution is -0.146. The van der Waals surface area contributed by atoms with Crippen LogP contribution < -0.4 is 11.5 Å². The predicted octanol–water partition coefficient (Wildman–Crippen LogP) is 0.669. The standard InChI is InChI=1S/C12H18FN3O4/c1-8-15-20-11(18)16(8)7-9(13)5-4-6-12(2,14)10(17)19-3/h5H,4,6-7,14H2,1-3H3/b9-5-.